The highest BCUT2D eigenvalue weighted by Gasteiger charge is 2.26. The largest absolute Gasteiger partial charge is 0.443 e. The number of hydrogen-bond donors (Lipinski definition) is 1. The average Bonchev–Trinajstić information content (AvgIpc) is 3.21. The summed E-state index contributed by atoms with van der Waals surface area (Å²) in [4.78, 5) is 27.9. The lowest BCUT2D eigenvalue weighted by atomic mass is 9.98. The van der Waals surface area contributed by atoms with E-state index in [2.05, 4.69) is 34.5 Å². The van der Waals surface area contributed by atoms with Gasteiger partial charge < -0.3 is 10.1 Å². The standard InChI is InChI=1S/C27H35N3O3/c1-20(31)28-25-13-9-12-22(16-25)23-14-15-30(18-23)19-24(21-10-7-6-8-11-21)17-29(5)26(32)33-27(2,3)4/h6-13,16-17,23H,14-15,18-19H2,1-5H3,(H,28,31)/b24-17-. The van der Waals surface area contributed by atoms with Crippen molar-refractivity contribution < 1.29 is 14.3 Å². The second kappa shape index (κ2) is 10.7. The number of benzene rings is 2. The summed E-state index contributed by atoms with van der Waals surface area (Å²) in [5.41, 5.74) is 3.68. The van der Waals surface area contributed by atoms with Crippen molar-refractivity contribution in [3.8, 4) is 0 Å². The lowest BCUT2D eigenvalue weighted by Crippen LogP contribution is -2.32. The molecule has 0 radical (unpaired) electrons. The van der Waals surface area contributed by atoms with E-state index in [1.165, 1.54) is 17.4 Å². The molecule has 1 aliphatic heterocycles. The number of nitrogens with zero attached hydrogens (tertiary/aromatic N) is 2. The van der Waals surface area contributed by atoms with Crippen molar-refractivity contribution >= 4 is 23.3 Å². The van der Waals surface area contributed by atoms with Gasteiger partial charge in [0, 0.05) is 38.9 Å². The van der Waals surface area contributed by atoms with Gasteiger partial charge in [-0.05, 0) is 68.5 Å². The van der Waals surface area contributed by atoms with Crippen LogP contribution in [0.3, 0.4) is 0 Å². The summed E-state index contributed by atoms with van der Waals surface area (Å²) in [7, 11) is 1.73. The molecule has 1 aliphatic rings. The van der Waals surface area contributed by atoms with Gasteiger partial charge in [0.1, 0.15) is 5.60 Å². The third-order valence-corrected chi connectivity index (χ3v) is 5.52. The Labute approximate surface area is 197 Å². The molecule has 0 aliphatic carbocycles. The Bertz CT molecular complexity index is 995. The molecule has 1 heterocycles. The summed E-state index contributed by atoms with van der Waals surface area (Å²) in [6, 6.07) is 18.3. The molecule has 2 amide bonds. The zero-order valence-corrected chi connectivity index (χ0v) is 20.3. The quantitative estimate of drug-likeness (QED) is 0.646. The molecule has 3 rings (SSSR count). The maximum atomic E-state index is 12.5. The molecule has 0 bridgehead atoms. The van der Waals surface area contributed by atoms with Crippen molar-refractivity contribution in [2.24, 2.45) is 0 Å². The normalized spacial score (nSPS) is 17.0. The second-order valence-electron chi connectivity index (χ2n) is 9.64. The van der Waals surface area contributed by atoms with Crippen LogP contribution < -0.4 is 5.32 Å². The minimum absolute atomic E-state index is 0.0630. The Morgan fingerprint density at radius 1 is 1.15 bits per heavy atom. The van der Waals surface area contributed by atoms with E-state index in [9.17, 15) is 9.59 Å². The molecular weight excluding hydrogens is 414 g/mol. The lowest BCUT2D eigenvalue weighted by molar-refractivity contribution is -0.114. The van der Waals surface area contributed by atoms with Gasteiger partial charge in [-0.15, -0.1) is 0 Å². The van der Waals surface area contributed by atoms with Gasteiger partial charge in [-0.1, -0.05) is 42.5 Å². The van der Waals surface area contributed by atoms with E-state index in [0.717, 1.165) is 42.9 Å². The Kier molecular flexibility index (Phi) is 7.92. The highest BCUT2D eigenvalue weighted by molar-refractivity contribution is 5.88. The van der Waals surface area contributed by atoms with Crippen LogP contribution >= 0.6 is 0 Å². The third-order valence-electron chi connectivity index (χ3n) is 5.52. The van der Waals surface area contributed by atoms with Crippen LogP contribution in [0.5, 0.6) is 0 Å². The molecule has 1 fully saturated rings. The SMILES string of the molecule is CC(=O)Nc1cccc(C2CCN(C/C(=C/N(C)C(=O)OC(C)(C)C)c3ccccc3)C2)c1. The Balaban J connectivity index is 1.74. The molecule has 0 spiro atoms. The molecule has 1 atom stereocenters. The van der Waals surface area contributed by atoms with E-state index in [4.69, 9.17) is 4.74 Å². The second-order valence-corrected chi connectivity index (χ2v) is 9.64. The number of nitrogens with one attached hydrogen (secondary N) is 1. The van der Waals surface area contributed by atoms with Crippen molar-refractivity contribution in [3.05, 3.63) is 71.9 Å². The first kappa shape index (κ1) is 24.5. The van der Waals surface area contributed by atoms with E-state index in [-0.39, 0.29) is 12.0 Å². The van der Waals surface area contributed by atoms with Gasteiger partial charge >= 0.3 is 6.09 Å². The third kappa shape index (κ3) is 7.46. The number of hydrogen-bond acceptors (Lipinski definition) is 4. The van der Waals surface area contributed by atoms with Gasteiger partial charge in [-0.25, -0.2) is 4.79 Å². The van der Waals surface area contributed by atoms with Crippen LogP contribution in [0.1, 0.15) is 51.2 Å². The fourth-order valence-corrected chi connectivity index (χ4v) is 4.04. The topological polar surface area (TPSA) is 61.9 Å². The maximum Gasteiger partial charge on any atom is 0.414 e. The van der Waals surface area contributed by atoms with Crippen LogP contribution in [-0.4, -0.2) is 54.1 Å². The van der Waals surface area contributed by atoms with Crippen LogP contribution in [0, 0.1) is 0 Å². The molecule has 1 N–H and O–H groups in total. The van der Waals surface area contributed by atoms with Crippen LogP contribution in [0.4, 0.5) is 10.5 Å². The number of ether oxygens (including phenoxy) is 1. The molecule has 33 heavy (non-hydrogen) atoms. The molecule has 0 saturated carbocycles. The number of amides is 2. The molecule has 6 heteroatoms. The molecule has 1 unspecified atom stereocenters. The first-order chi connectivity index (χ1) is 15.6. The number of carbonyl (C=O) groups is 2. The first-order valence-corrected chi connectivity index (χ1v) is 11.4. The van der Waals surface area contributed by atoms with E-state index in [0.29, 0.717) is 5.92 Å². The van der Waals surface area contributed by atoms with Crippen molar-refractivity contribution in [1.82, 2.24) is 9.80 Å². The molecular formula is C27H35N3O3. The molecule has 2 aromatic rings. The van der Waals surface area contributed by atoms with Crippen molar-refractivity contribution in [1.29, 1.82) is 0 Å². The monoisotopic (exact) mass is 449 g/mol. The van der Waals surface area contributed by atoms with Crippen LogP contribution in [0.25, 0.3) is 5.57 Å². The average molecular weight is 450 g/mol. The summed E-state index contributed by atoms with van der Waals surface area (Å²) < 4.78 is 5.52. The number of anilines is 1. The summed E-state index contributed by atoms with van der Waals surface area (Å²) >= 11 is 0. The summed E-state index contributed by atoms with van der Waals surface area (Å²) in [6.45, 7) is 9.75. The van der Waals surface area contributed by atoms with Crippen LogP contribution in [0.2, 0.25) is 0 Å². The van der Waals surface area contributed by atoms with Gasteiger partial charge in [-0.3, -0.25) is 14.6 Å². The minimum Gasteiger partial charge on any atom is -0.443 e. The maximum absolute atomic E-state index is 12.5. The molecule has 0 aromatic heterocycles. The van der Waals surface area contributed by atoms with E-state index in [1.807, 2.05) is 57.3 Å². The van der Waals surface area contributed by atoms with Crippen molar-refractivity contribution in [2.75, 3.05) is 32.0 Å². The Morgan fingerprint density at radius 2 is 1.88 bits per heavy atom. The number of carbonyl (C=O) groups excluding carboxylic acids is 2. The Hall–Kier alpha value is -3.12. The molecule has 1 saturated heterocycles. The number of rotatable bonds is 6. The minimum atomic E-state index is -0.542. The molecule has 2 aromatic carbocycles. The van der Waals surface area contributed by atoms with Crippen molar-refractivity contribution in [3.63, 3.8) is 0 Å². The molecule has 176 valence electrons. The highest BCUT2D eigenvalue weighted by Crippen LogP contribution is 2.30. The Morgan fingerprint density at radius 3 is 2.55 bits per heavy atom. The van der Waals surface area contributed by atoms with Crippen LogP contribution in [-0.2, 0) is 9.53 Å². The first-order valence-electron chi connectivity index (χ1n) is 11.4. The molecule has 6 nitrogen and oxygen atoms in total. The fraction of sp³-hybridized carbons (Fsp3) is 0.407. The lowest BCUT2D eigenvalue weighted by Gasteiger charge is -2.24. The van der Waals surface area contributed by atoms with Gasteiger partial charge in [0.05, 0.1) is 0 Å². The van der Waals surface area contributed by atoms with Crippen molar-refractivity contribution in [2.45, 2.75) is 45.6 Å². The van der Waals surface area contributed by atoms with Gasteiger partial charge in [0.15, 0.2) is 0 Å². The van der Waals surface area contributed by atoms with Gasteiger partial charge in [0.25, 0.3) is 0 Å². The zero-order valence-electron chi connectivity index (χ0n) is 20.3. The van der Waals surface area contributed by atoms with Crippen LogP contribution in [0.15, 0.2) is 60.8 Å². The van der Waals surface area contributed by atoms with Gasteiger partial charge in [0.2, 0.25) is 5.91 Å². The summed E-state index contributed by atoms with van der Waals surface area (Å²) in [5, 5.41) is 2.87. The van der Waals surface area contributed by atoms with E-state index in [1.54, 1.807) is 7.05 Å². The summed E-state index contributed by atoms with van der Waals surface area (Å²) in [6.07, 6.45) is 2.56. The predicted molar refractivity (Wildman–Crippen MR) is 133 cm³/mol. The predicted octanol–water partition coefficient (Wildman–Crippen LogP) is 5.34. The number of likely N-dealkylation sites (tertiary alicyclic amines) is 1. The van der Waals surface area contributed by atoms with E-state index >= 15 is 0 Å². The highest BCUT2D eigenvalue weighted by atomic mass is 16.6. The zero-order chi connectivity index (χ0) is 24.0. The van der Waals surface area contributed by atoms with E-state index < -0.39 is 5.60 Å². The fourth-order valence-electron chi connectivity index (χ4n) is 4.04. The van der Waals surface area contributed by atoms with Gasteiger partial charge in [-0.2, -0.15) is 0 Å². The summed E-state index contributed by atoms with van der Waals surface area (Å²) in [5.74, 6) is 0.339. The smallest absolute Gasteiger partial charge is 0.414 e.